The van der Waals surface area contributed by atoms with Crippen molar-refractivity contribution in [1.82, 2.24) is 0 Å². The molecule has 0 amide bonds. The van der Waals surface area contributed by atoms with Crippen molar-refractivity contribution < 1.29 is 35.4 Å². The predicted octanol–water partition coefficient (Wildman–Crippen LogP) is 1.85. The molecule has 6 N–H and O–H groups in total. The molecular weight excluding hydrogens is 436 g/mol. The smallest absolute Gasteiger partial charge is 0.159 e. The molecule has 0 aromatic carbocycles. The normalized spacial score (nSPS) is 47.2. The fraction of sp³-hybridized carbons (Fsp3) is 0.889. The molecule has 7 nitrogen and oxygen atoms in total. The summed E-state index contributed by atoms with van der Waals surface area (Å²) >= 11 is 0. The Balaban J connectivity index is 1.66. The second-order valence-electron chi connectivity index (χ2n) is 13.2. The van der Waals surface area contributed by atoms with E-state index in [1.807, 2.05) is 13.8 Å². The van der Waals surface area contributed by atoms with E-state index in [-0.39, 0.29) is 36.4 Å². The van der Waals surface area contributed by atoms with Crippen molar-refractivity contribution in [2.45, 2.75) is 121 Å². The van der Waals surface area contributed by atoms with E-state index in [2.05, 4.69) is 0 Å². The Kier molecular flexibility index (Phi) is 6.24. The molecule has 1 unspecified atom stereocenters. The van der Waals surface area contributed by atoms with E-state index in [1.54, 1.807) is 26.8 Å². The molecule has 0 radical (unpaired) electrons. The van der Waals surface area contributed by atoms with Crippen LogP contribution in [0.25, 0.3) is 0 Å². The molecule has 194 valence electrons. The number of aliphatic hydroxyl groups excluding tert-OH is 3. The minimum Gasteiger partial charge on any atom is -0.390 e. The summed E-state index contributed by atoms with van der Waals surface area (Å²) in [6, 6.07) is 0. The third kappa shape index (κ3) is 3.73. The summed E-state index contributed by atoms with van der Waals surface area (Å²) in [5.41, 5.74) is -4.27. The molecule has 0 aromatic heterocycles. The van der Waals surface area contributed by atoms with Gasteiger partial charge in [0.15, 0.2) is 5.78 Å². The van der Waals surface area contributed by atoms with Crippen molar-refractivity contribution in [1.29, 1.82) is 0 Å². The first-order chi connectivity index (χ1) is 15.5. The van der Waals surface area contributed by atoms with E-state index >= 15 is 0 Å². The minimum absolute atomic E-state index is 0.0840. The molecule has 0 aromatic rings. The first kappa shape index (κ1) is 26.2. The SMILES string of the molecule is CC(C)(O)CC[C@@H](O)[C@](C)(O)[C@H]1CC[C@@]2(O)C3=CC(=O)[C@@H]4C[C@@H](O)[C@@H](O)C[C@]4(C)C3CC[C@]12C. The lowest BCUT2D eigenvalue weighted by Gasteiger charge is -2.60. The summed E-state index contributed by atoms with van der Waals surface area (Å²) in [6.07, 6.45) is 2.11. The Morgan fingerprint density at radius 1 is 1.06 bits per heavy atom. The van der Waals surface area contributed by atoms with Crippen LogP contribution in [0.3, 0.4) is 0 Å². The van der Waals surface area contributed by atoms with E-state index < -0.39 is 45.9 Å². The number of fused-ring (bicyclic) bond motifs is 5. The van der Waals surface area contributed by atoms with Crippen molar-refractivity contribution in [2.24, 2.45) is 28.6 Å². The number of ketones is 1. The monoisotopic (exact) mass is 480 g/mol. The average molecular weight is 481 g/mol. The van der Waals surface area contributed by atoms with Crippen molar-refractivity contribution in [2.75, 3.05) is 0 Å². The van der Waals surface area contributed by atoms with E-state index in [1.165, 1.54) is 0 Å². The topological polar surface area (TPSA) is 138 Å². The number of allylic oxidation sites excluding steroid dienone is 1. The van der Waals surface area contributed by atoms with E-state index in [4.69, 9.17) is 0 Å². The van der Waals surface area contributed by atoms with E-state index in [0.29, 0.717) is 44.1 Å². The van der Waals surface area contributed by atoms with Crippen LogP contribution in [0.5, 0.6) is 0 Å². The van der Waals surface area contributed by atoms with E-state index in [0.717, 1.165) is 0 Å². The Labute approximate surface area is 202 Å². The second-order valence-corrected chi connectivity index (χ2v) is 13.2. The molecule has 10 atom stereocenters. The quantitative estimate of drug-likeness (QED) is 0.353. The Morgan fingerprint density at radius 2 is 1.71 bits per heavy atom. The molecular formula is C27H44O7. The Morgan fingerprint density at radius 3 is 2.32 bits per heavy atom. The van der Waals surface area contributed by atoms with Gasteiger partial charge in [-0.05, 0) is 101 Å². The highest BCUT2D eigenvalue weighted by atomic mass is 16.3. The van der Waals surface area contributed by atoms with Crippen LogP contribution >= 0.6 is 0 Å². The number of carbonyl (C=O) groups is 1. The van der Waals surface area contributed by atoms with Crippen LogP contribution in [0.15, 0.2) is 11.6 Å². The van der Waals surface area contributed by atoms with Gasteiger partial charge in [0.25, 0.3) is 0 Å². The van der Waals surface area contributed by atoms with Crippen molar-refractivity contribution in [3.63, 3.8) is 0 Å². The minimum atomic E-state index is -1.46. The van der Waals surface area contributed by atoms with Crippen LogP contribution in [0.2, 0.25) is 0 Å². The van der Waals surface area contributed by atoms with Crippen LogP contribution in [0, 0.1) is 28.6 Å². The summed E-state index contributed by atoms with van der Waals surface area (Å²) in [6.45, 7) is 8.96. The fourth-order valence-corrected chi connectivity index (χ4v) is 8.32. The van der Waals surface area contributed by atoms with Gasteiger partial charge in [0, 0.05) is 11.3 Å². The highest BCUT2D eigenvalue weighted by Crippen LogP contribution is 2.68. The van der Waals surface area contributed by atoms with Gasteiger partial charge in [-0.15, -0.1) is 0 Å². The van der Waals surface area contributed by atoms with Crippen LogP contribution < -0.4 is 0 Å². The summed E-state index contributed by atoms with van der Waals surface area (Å²) in [4.78, 5) is 13.2. The van der Waals surface area contributed by atoms with Gasteiger partial charge >= 0.3 is 0 Å². The van der Waals surface area contributed by atoms with Gasteiger partial charge < -0.3 is 30.6 Å². The first-order valence-corrected chi connectivity index (χ1v) is 12.9. The van der Waals surface area contributed by atoms with Gasteiger partial charge in [-0.25, -0.2) is 0 Å². The lowest BCUT2D eigenvalue weighted by molar-refractivity contribution is -0.177. The Bertz CT molecular complexity index is 860. The van der Waals surface area contributed by atoms with Crippen molar-refractivity contribution in [3.8, 4) is 0 Å². The van der Waals surface area contributed by atoms with Crippen molar-refractivity contribution in [3.05, 3.63) is 11.6 Å². The standard InChI is InChI=1S/C27H44O7/c1-23(2,32)9-8-22(31)26(5,33)21-7-11-27(34)16-12-18(28)17-13-19(29)20(30)14-24(17,3)15(16)6-10-25(21,27)4/h12,15,17,19-22,29-34H,6-11,13-14H2,1-5H3/t15?,17-,19+,20-,21-,22+,24+,25+,26+,27+/m0/s1. The zero-order chi connectivity index (χ0) is 25.5. The number of aliphatic hydroxyl groups is 6. The largest absolute Gasteiger partial charge is 0.390 e. The first-order valence-electron chi connectivity index (χ1n) is 12.9. The van der Waals surface area contributed by atoms with Gasteiger partial charge in [0.1, 0.15) is 0 Å². The van der Waals surface area contributed by atoms with Gasteiger partial charge in [-0.3, -0.25) is 4.79 Å². The Hall–Kier alpha value is -0.830. The number of hydrogen-bond donors (Lipinski definition) is 6. The van der Waals surface area contributed by atoms with Gasteiger partial charge in [0.2, 0.25) is 0 Å². The fourth-order valence-electron chi connectivity index (χ4n) is 8.32. The van der Waals surface area contributed by atoms with Crippen LogP contribution in [0.1, 0.15) is 86.0 Å². The third-order valence-electron chi connectivity index (χ3n) is 10.5. The van der Waals surface area contributed by atoms with Crippen LogP contribution in [-0.4, -0.2) is 71.5 Å². The van der Waals surface area contributed by atoms with Crippen LogP contribution in [-0.2, 0) is 4.79 Å². The summed E-state index contributed by atoms with van der Waals surface area (Å²) in [5.74, 6) is -0.948. The molecule has 0 bridgehead atoms. The summed E-state index contributed by atoms with van der Waals surface area (Å²) in [5, 5.41) is 65.5. The molecule has 4 aliphatic rings. The molecule has 0 saturated heterocycles. The molecule has 3 saturated carbocycles. The lowest BCUT2D eigenvalue weighted by atomic mass is 9.45. The molecule has 0 aliphatic heterocycles. The molecule has 4 aliphatic carbocycles. The zero-order valence-electron chi connectivity index (χ0n) is 21.3. The van der Waals surface area contributed by atoms with Crippen molar-refractivity contribution >= 4 is 5.78 Å². The number of rotatable bonds is 5. The summed E-state index contributed by atoms with van der Waals surface area (Å²) in [7, 11) is 0. The lowest BCUT2D eigenvalue weighted by Crippen LogP contribution is -2.62. The van der Waals surface area contributed by atoms with Crippen LogP contribution in [0.4, 0.5) is 0 Å². The number of hydrogen-bond acceptors (Lipinski definition) is 7. The maximum atomic E-state index is 13.2. The predicted molar refractivity (Wildman–Crippen MR) is 127 cm³/mol. The molecule has 4 rings (SSSR count). The molecule has 7 heteroatoms. The molecule has 3 fully saturated rings. The summed E-state index contributed by atoms with van der Waals surface area (Å²) < 4.78 is 0. The molecule has 0 spiro atoms. The van der Waals surface area contributed by atoms with Gasteiger partial charge in [0.05, 0.1) is 35.1 Å². The van der Waals surface area contributed by atoms with Gasteiger partial charge in [-0.2, -0.15) is 0 Å². The maximum absolute atomic E-state index is 13.2. The maximum Gasteiger partial charge on any atom is 0.159 e. The van der Waals surface area contributed by atoms with E-state index in [9.17, 15) is 35.4 Å². The molecule has 34 heavy (non-hydrogen) atoms. The second kappa shape index (κ2) is 8.09. The third-order valence-corrected chi connectivity index (χ3v) is 10.5. The molecule has 0 heterocycles. The number of carbonyl (C=O) groups excluding carboxylic acids is 1. The average Bonchev–Trinajstić information content (AvgIpc) is 3.00. The highest BCUT2D eigenvalue weighted by Gasteiger charge is 2.69. The van der Waals surface area contributed by atoms with Gasteiger partial charge in [-0.1, -0.05) is 13.8 Å². The highest BCUT2D eigenvalue weighted by molar-refractivity contribution is 5.95. The zero-order valence-corrected chi connectivity index (χ0v) is 21.3.